The van der Waals surface area contributed by atoms with Crippen molar-refractivity contribution in [3.8, 4) is 5.75 Å². The Morgan fingerprint density at radius 3 is 2.61 bits per heavy atom. The standard InChI is InChI=1S/C14H24N2O2/c1-15-13(11-17-3)10-16(2)9-12-7-5-6-8-14(12)18-4/h5-8,13,15H,9-11H2,1-4H3. The van der Waals surface area contributed by atoms with Crippen LogP contribution in [0.25, 0.3) is 0 Å². The van der Waals surface area contributed by atoms with E-state index in [0.717, 1.165) is 18.8 Å². The van der Waals surface area contributed by atoms with Crippen LogP contribution in [-0.4, -0.2) is 52.4 Å². The number of rotatable bonds is 8. The largest absolute Gasteiger partial charge is 0.496 e. The van der Waals surface area contributed by atoms with Crippen molar-refractivity contribution in [3.63, 3.8) is 0 Å². The first-order valence-electron chi connectivity index (χ1n) is 6.18. The lowest BCUT2D eigenvalue weighted by Gasteiger charge is -2.24. The maximum absolute atomic E-state index is 5.36. The minimum Gasteiger partial charge on any atom is -0.496 e. The Kier molecular flexibility index (Phi) is 6.72. The summed E-state index contributed by atoms with van der Waals surface area (Å²) in [6.45, 7) is 2.51. The molecule has 0 radical (unpaired) electrons. The van der Waals surface area contributed by atoms with E-state index in [1.807, 2.05) is 25.2 Å². The minimum atomic E-state index is 0.342. The molecule has 18 heavy (non-hydrogen) atoms. The number of benzene rings is 1. The van der Waals surface area contributed by atoms with Crippen molar-refractivity contribution in [3.05, 3.63) is 29.8 Å². The zero-order valence-corrected chi connectivity index (χ0v) is 11.8. The van der Waals surface area contributed by atoms with Gasteiger partial charge in [-0.15, -0.1) is 0 Å². The Morgan fingerprint density at radius 2 is 2.00 bits per heavy atom. The number of para-hydroxylation sites is 1. The van der Waals surface area contributed by atoms with Gasteiger partial charge in [-0.1, -0.05) is 18.2 Å². The fraction of sp³-hybridized carbons (Fsp3) is 0.571. The molecule has 0 bridgehead atoms. The van der Waals surface area contributed by atoms with Crippen molar-refractivity contribution in [1.29, 1.82) is 0 Å². The van der Waals surface area contributed by atoms with Crippen LogP contribution in [0.2, 0.25) is 0 Å². The first-order chi connectivity index (χ1) is 8.71. The molecule has 0 saturated heterocycles. The maximum Gasteiger partial charge on any atom is 0.123 e. The second-order valence-corrected chi connectivity index (χ2v) is 4.45. The highest BCUT2D eigenvalue weighted by Gasteiger charge is 2.11. The Bertz CT molecular complexity index is 344. The van der Waals surface area contributed by atoms with Crippen LogP contribution in [0.5, 0.6) is 5.75 Å². The summed E-state index contributed by atoms with van der Waals surface area (Å²) < 4.78 is 10.5. The monoisotopic (exact) mass is 252 g/mol. The Hall–Kier alpha value is -1.10. The van der Waals surface area contributed by atoms with Crippen molar-refractivity contribution in [2.24, 2.45) is 0 Å². The van der Waals surface area contributed by atoms with Crippen molar-refractivity contribution in [2.75, 3.05) is 41.5 Å². The zero-order valence-electron chi connectivity index (χ0n) is 11.8. The Labute approximate surface area is 110 Å². The van der Waals surface area contributed by atoms with E-state index in [1.54, 1.807) is 14.2 Å². The minimum absolute atomic E-state index is 0.342. The molecule has 0 spiro atoms. The number of ether oxygens (including phenoxy) is 2. The van der Waals surface area contributed by atoms with Crippen LogP contribution >= 0.6 is 0 Å². The van der Waals surface area contributed by atoms with E-state index < -0.39 is 0 Å². The van der Waals surface area contributed by atoms with Gasteiger partial charge in [0.2, 0.25) is 0 Å². The summed E-state index contributed by atoms with van der Waals surface area (Å²) in [5.41, 5.74) is 1.20. The smallest absolute Gasteiger partial charge is 0.123 e. The van der Waals surface area contributed by atoms with Gasteiger partial charge >= 0.3 is 0 Å². The molecule has 1 aromatic rings. The van der Waals surface area contributed by atoms with Crippen LogP contribution in [0.1, 0.15) is 5.56 Å². The lowest BCUT2D eigenvalue weighted by Crippen LogP contribution is -2.40. The van der Waals surface area contributed by atoms with Crippen LogP contribution in [0.15, 0.2) is 24.3 Å². The highest BCUT2D eigenvalue weighted by atomic mass is 16.5. The number of likely N-dealkylation sites (N-methyl/N-ethyl adjacent to an activating group) is 2. The predicted molar refractivity (Wildman–Crippen MR) is 74.1 cm³/mol. The molecule has 1 unspecified atom stereocenters. The molecule has 0 amide bonds. The average Bonchev–Trinajstić information content (AvgIpc) is 2.38. The third-order valence-corrected chi connectivity index (χ3v) is 2.94. The van der Waals surface area contributed by atoms with E-state index in [-0.39, 0.29) is 0 Å². The highest BCUT2D eigenvalue weighted by molar-refractivity contribution is 5.32. The summed E-state index contributed by atoms with van der Waals surface area (Å²) in [5.74, 6) is 0.942. The van der Waals surface area contributed by atoms with E-state index in [2.05, 4.69) is 23.3 Å². The molecule has 102 valence electrons. The fourth-order valence-electron chi connectivity index (χ4n) is 1.99. The van der Waals surface area contributed by atoms with Crippen molar-refractivity contribution in [2.45, 2.75) is 12.6 Å². The van der Waals surface area contributed by atoms with Gasteiger partial charge in [0.25, 0.3) is 0 Å². The van der Waals surface area contributed by atoms with Gasteiger partial charge < -0.3 is 19.7 Å². The van der Waals surface area contributed by atoms with Crippen LogP contribution in [-0.2, 0) is 11.3 Å². The first-order valence-corrected chi connectivity index (χ1v) is 6.18. The van der Waals surface area contributed by atoms with Crippen molar-refractivity contribution in [1.82, 2.24) is 10.2 Å². The molecular formula is C14H24N2O2. The van der Waals surface area contributed by atoms with Crippen LogP contribution in [0.3, 0.4) is 0 Å². The lowest BCUT2D eigenvalue weighted by atomic mass is 10.2. The van der Waals surface area contributed by atoms with Gasteiger partial charge in [0.1, 0.15) is 5.75 Å². The molecule has 0 aliphatic heterocycles. The van der Waals surface area contributed by atoms with Gasteiger partial charge in [-0.2, -0.15) is 0 Å². The second-order valence-electron chi connectivity index (χ2n) is 4.45. The SMILES string of the molecule is CNC(COC)CN(C)Cc1ccccc1OC. The third kappa shape index (κ3) is 4.64. The summed E-state index contributed by atoms with van der Waals surface area (Å²) in [4.78, 5) is 2.26. The first kappa shape index (κ1) is 15.0. The van der Waals surface area contributed by atoms with Crippen LogP contribution < -0.4 is 10.1 Å². The molecular weight excluding hydrogens is 228 g/mol. The van der Waals surface area contributed by atoms with E-state index in [4.69, 9.17) is 9.47 Å². The molecule has 0 saturated carbocycles. The molecule has 1 aromatic carbocycles. The molecule has 4 nitrogen and oxygen atoms in total. The lowest BCUT2D eigenvalue weighted by molar-refractivity contribution is 0.147. The molecule has 0 fully saturated rings. The quantitative estimate of drug-likeness (QED) is 0.757. The number of hydrogen-bond donors (Lipinski definition) is 1. The highest BCUT2D eigenvalue weighted by Crippen LogP contribution is 2.18. The van der Waals surface area contributed by atoms with E-state index >= 15 is 0 Å². The Morgan fingerprint density at radius 1 is 1.28 bits per heavy atom. The Balaban J connectivity index is 2.55. The summed E-state index contributed by atoms with van der Waals surface area (Å²) in [6, 6.07) is 8.46. The van der Waals surface area contributed by atoms with Gasteiger partial charge in [-0.05, 0) is 20.2 Å². The van der Waals surface area contributed by atoms with Gasteiger partial charge in [-0.3, -0.25) is 0 Å². The van der Waals surface area contributed by atoms with E-state index in [1.165, 1.54) is 5.56 Å². The van der Waals surface area contributed by atoms with Crippen LogP contribution in [0.4, 0.5) is 0 Å². The topological polar surface area (TPSA) is 33.7 Å². The summed E-state index contributed by atoms with van der Waals surface area (Å²) in [7, 11) is 7.50. The molecule has 0 aromatic heterocycles. The molecule has 0 aliphatic carbocycles. The zero-order chi connectivity index (χ0) is 13.4. The van der Waals surface area contributed by atoms with Crippen molar-refractivity contribution < 1.29 is 9.47 Å². The molecule has 1 atom stereocenters. The summed E-state index contributed by atoms with van der Waals surface area (Å²) in [6.07, 6.45) is 0. The molecule has 0 heterocycles. The number of hydrogen-bond acceptors (Lipinski definition) is 4. The van der Waals surface area contributed by atoms with E-state index in [9.17, 15) is 0 Å². The van der Waals surface area contributed by atoms with E-state index in [0.29, 0.717) is 12.6 Å². The summed E-state index contributed by atoms with van der Waals surface area (Å²) >= 11 is 0. The molecule has 4 heteroatoms. The van der Waals surface area contributed by atoms with Gasteiger partial charge in [0, 0.05) is 31.8 Å². The number of methoxy groups -OCH3 is 2. The van der Waals surface area contributed by atoms with Gasteiger partial charge in [-0.25, -0.2) is 0 Å². The number of nitrogens with one attached hydrogen (secondary N) is 1. The summed E-state index contributed by atoms with van der Waals surface area (Å²) in [5, 5.41) is 3.25. The second kappa shape index (κ2) is 8.08. The number of nitrogens with zero attached hydrogens (tertiary/aromatic N) is 1. The molecule has 1 rings (SSSR count). The third-order valence-electron chi connectivity index (χ3n) is 2.94. The molecule has 1 N–H and O–H groups in total. The normalized spacial score (nSPS) is 12.7. The van der Waals surface area contributed by atoms with Crippen molar-refractivity contribution >= 4 is 0 Å². The maximum atomic E-state index is 5.36. The fourth-order valence-corrected chi connectivity index (χ4v) is 1.99. The van der Waals surface area contributed by atoms with Gasteiger partial charge in [0.05, 0.1) is 13.7 Å². The van der Waals surface area contributed by atoms with Gasteiger partial charge in [0.15, 0.2) is 0 Å². The predicted octanol–water partition coefficient (Wildman–Crippen LogP) is 1.36. The van der Waals surface area contributed by atoms with Crippen LogP contribution in [0, 0.1) is 0 Å². The molecule has 0 aliphatic rings. The average molecular weight is 252 g/mol.